The third kappa shape index (κ3) is 3.83. The lowest BCUT2D eigenvalue weighted by Crippen LogP contribution is -2.33. The fourth-order valence-corrected chi connectivity index (χ4v) is 5.39. The highest BCUT2D eigenvalue weighted by Gasteiger charge is 2.49. The number of ether oxygens (including phenoxy) is 2. The van der Waals surface area contributed by atoms with E-state index in [1.165, 1.54) is 0 Å². The van der Waals surface area contributed by atoms with E-state index in [0.29, 0.717) is 36.7 Å². The van der Waals surface area contributed by atoms with Crippen LogP contribution in [0.3, 0.4) is 0 Å². The Kier molecular flexibility index (Phi) is 5.54. The molecule has 5 rings (SSSR count). The molecule has 8 nitrogen and oxygen atoms in total. The molecule has 1 N–H and O–H groups in total. The van der Waals surface area contributed by atoms with Crippen LogP contribution in [0.5, 0.6) is 11.5 Å². The topological polar surface area (TPSA) is 93.9 Å². The fourth-order valence-electron chi connectivity index (χ4n) is 5.39. The number of aromatic nitrogens is 2. The van der Waals surface area contributed by atoms with Gasteiger partial charge in [-0.1, -0.05) is 17.7 Å². The first-order valence-electron chi connectivity index (χ1n) is 11.7. The zero-order valence-corrected chi connectivity index (χ0v) is 20.6. The molecule has 35 heavy (non-hydrogen) atoms. The number of methoxy groups -OCH3 is 2. The molecule has 1 saturated carbocycles. The third-order valence-electron chi connectivity index (χ3n) is 7.02. The van der Waals surface area contributed by atoms with E-state index in [4.69, 9.17) is 9.47 Å². The molecule has 1 aliphatic carbocycles. The standard InChI is InChI=1S/C27H29N3O5/c1-14-8-15(2)25(16(3)9-14)30(21-11-19(21)26(31)32)24-13-20-18-12-23(35-5)22(34-4)10-17(18)6-7-29(20)27(33)28-24/h8-10,12-13,19,21H,6-7,11H2,1-5H3,(H,31,32). The van der Waals surface area contributed by atoms with Gasteiger partial charge in [0, 0.05) is 29.9 Å². The molecule has 1 fully saturated rings. The van der Waals surface area contributed by atoms with Crippen LogP contribution >= 0.6 is 0 Å². The predicted molar refractivity (Wildman–Crippen MR) is 133 cm³/mol. The Balaban J connectivity index is 1.72. The number of aryl methyl sites for hydroxylation is 4. The van der Waals surface area contributed by atoms with Gasteiger partial charge in [-0.15, -0.1) is 0 Å². The lowest BCUT2D eigenvalue weighted by Gasteiger charge is -2.30. The van der Waals surface area contributed by atoms with Gasteiger partial charge in [-0.3, -0.25) is 9.36 Å². The van der Waals surface area contributed by atoms with Crippen LogP contribution in [0.2, 0.25) is 0 Å². The molecule has 2 aliphatic rings. The van der Waals surface area contributed by atoms with E-state index >= 15 is 0 Å². The number of carboxylic acids is 1. The minimum Gasteiger partial charge on any atom is -0.493 e. The normalized spacial score (nSPS) is 17.9. The monoisotopic (exact) mass is 475 g/mol. The van der Waals surface area contributed by atoms with Crippen molar-refractivity contribution in [3.8, 4) is 22.8 Å². The molecule has 2 heterocycles. The number of aliphatic carboxylic acids is 1. The average molecular weight is 476 g/mol. The molecule has 0 bridgehead atoms. The number of carboxylic acid groups (broad SMARTS) is 1. The number of rotatable bonds is 6. The van der Waals surface area contributed by atoms with Crippen LogP contribution in [-0.4, -0.2) is 40.9 Å². The number of anilines is 2. The maximum absolute atomic E-state index is 13.2. The number of fused-ring (bicyclic) bond motifs is 3. The number of nitrogens with zero attached hydrogens (tertiary/aromatic N) is 3. The molecule has 1 aliphatic heterocycles. The second kappa shape index (κ2) is 8.45. The first kappa shape index (κ1) is 23.0. The maximum Gasteiger partial charge on any atom is 0.350 e. The molecule has 2 unspecified atom stereocenters. The summed E-state index contributed by atoms with van der Waals surface area (Å²) in [6.07, 6.45) is 1.18. The maximum atomic E-state index is 13.2. The number of benzene rings is 2. The van der Waals surface area contributed by atoms with Gasteiger partial charge in [0.1, 0.15) is 5.82 Å². The minimum atomic E-state index is -0.834. The number of hydrogen-bond acceptors (Lipinski definition) is 6. The SMILES string of the molecule is COc1cc2c(cc1OC)-c1cc(N(c3c(C)cc(C)cc3C)C3CC3C(=O)O)nc(=O)n1CC2. The summed E-state index contributed by atoms with van der Waals surface area (Å²) in [6.45, 7) is 6.57. The Morgan fingerprint density at radius 3 is 2.31 bits per heavy atom. The van der Waals surface area contributed by atoms with E-state index in [1.807, 2.05) is 43.9 Å². The lowest BCUT2D eigenvalue weighted by atomic mass is 9.96. The zero-order chi connectivity index (χ0) is 25.0. The summed E-state index contributed by atoms with van der Waals surface area (Å²) in [6, 6.07) is 9.63. The van der Waals surface area contributed by atoms with E-state index in [-0.39, 0.29) is 11.7 Å². The van der Waals surface area contributed by atoms with E-state index < -0.39 is 11.9 Å². The summed E-state index contributed by atoms with van der Waals surface area (Å²) in [5.41, 5.74) is 6.41. The molecule has 0 amide bonds. The van der Waals surface area contributed by atoms with Gasteiger partial charge >= 0.3 is 11.7 Å². The Hall–Kier alpha value is -3.81. The molecule has 182 valence electrons. The van der Waals surface area contributed by atoms with Gasteiger partial charge in [0.2, 0.25) is 0 Å². The first-order valence-corrected chi connectivity index (χ1v) is 11.7. The van der Waals surface area contributed by atoms with Crippen LogP contribution in [0.1, 0.15) is 28.7 Å². The van der Waals surface area contributed by atoms with Gasteiger partial charge < -0.3 is 19.5 Å². The van der Waals surface area contributed by atoms with Gasteiger partial charge in [-0.2, -0.15) is 4.98 Å². The fraction of sp³-hybridized carbons (Fsp3) is 0.370. The van der Waals surface area contributed by atoms with Crippen LogP contribution < -0.4 is 20.1 Å². The molecule has 0 saturated heterocycles. The summed E-state index contributed by atoms with van der Waals surface area (Å²) in [5.74, 6) is 0.353. The van der Waals surface area contributed by atoms with Crippen molar-refractivity contribution in [1.82, 2.24) is 9.55 Å². The summed E-state index contributed by atoms with van der Waals surface area (Å²) in [4.78, 5) is 31.5. The highest BCUT2D eigenvalue weighted by Crippen LogP contribution is 2.46. The Bertz CT molecular complexity index is 1390. The van der Waals surface area contributed by atoms with Crippen LogP contribution in [0, 0.1) is 26.7 Å². The molecule has 8 heteroatoms. The van der Waals surface area contributed by atoms with Gasteiger partial charge in [0.25, 0.3) is 0 Å². The molecular weight excluding hydrogens is 446 g/mol. The smallest absolute Gasteiger partial charge is 0.350 e. The average Bonchev–Trinajstić information content (AvgIpc) is 3.60. The Labute approximate surface area is 203 Å². The van der Waals surface area contributed by atoms with Crippen LogP contribution in [0.15, 0.2) is 35.1 Å². The van der Waals surface area contributed by atoms with E-state index in [9.17, 15) is 14.7 Å². The van der Waals surface area contributed by atoms with Gasteiger partial charge in [0.15, 0.2) is 11.5 Å². The Morgan fingerprint density at radius 2 is 1.71 bits per heavy atom. The summed E-state index contributed by atoms with van der Waals surface area (Å²) in [7, 11) is 3.19. The van der Waals surface area contributed by atoms with Crippen LogP contribution in [0.25, 0.3) is 11.3 Å². The summed E-state index contributed by atoms with van der Waals surface area (Å²) < 4.78 is 12.7. The van der Waals surface area contributed by atoms with Gasteiger partial charge in [-0.05, 0) is 62.4 Å². The highest BCUT2D eigenvalue weighted by atomic mass is 16.5. The van der Waals surface area contributed by atoms with Gasteiger partial charge in [-0.25, -0.2) is 4.79 Å². The summed E-state index contributed by atoms with van der Waals surface area (Å²) >= 11 is 0. The number of hydrogen-bond donors (Lipinski definition) is 1. The molecule has 0 spiro atoms. The van der Waals surface area contributed by atoms with Crippen molar-refractivity contribution in [3.63, 3.8) is 0 Å². The van der Waals surface area contributed by atoms with Crippen molar-refractivity contribution in [2.24, 2.45) is 5.92 Å². The Morgan fingerprint density at radius 1 is 1.06 bits per heavy atom. The molecule has 1 aromatic heterocycles. The molecule has 2 aromatic carbocycles. The van der Waals surface area contributed by atoms with E-state index in [2.05, 4.69) is 17.1 Å². The van der Waals surface area contributed by atoms with Crippen molar-refractivity contribution in [2.75, 3.05) is 19.1 Å². The van der Waals surface area contributed by atoms with Crippen molar-refractivity contribution in [1.29, 1.82) is 0 Å². The molecular formula is C27H29N3O5. The zero-order valence-electron chi connectivity index (χ0n) is 20.6. The van der Waals surface area contributed by atoms with E-state index in [0.717, 1.165) is 39.2 Å². The van der Waals surface area contributed by atoms with Crippen molar-refractivity contribution < 1.29 is 19.4 Å². The quantitative estimate of drug-likeness (QED) is 0.575. The summed E-state index contributed by atoms with van der Waals surface area (Å²) in [5, 5.41) is 9.69. The largest absolute Gasteiger partial charge is 0.493 e. The molecule has 3 aromatic rings. The van der Waals surface area contributed by atoms with Crippen molar-refractivity contribution in [2.45, 2.75) is 46.2 Å². The predicted octanol–water partition coefficient (Wildman–Crippen LogP) is 4.02. The third-order valence-corrected chi connectivity index (χ3v) is 7.02. The van der Waals surface area contributed by atoms with E-state index in [1.54, 1.807) is 18.8 Å². The van der Waals surface area contributed by atoms with Crippen molar-refractivity contribution in [3.05, 3.63) is 63.1 Å². The molecule has 2 atom stereocenters. The first-order chi connectivity index (χ1) is 16.7. The molecule has 0 radical (unpaired) electrons. The van der Waals surface area contributed by atoms with Gasteiger partial charge in [0.05, 0.1) is 25.8 Å². The van der Waals surface area contributed by atoms with Crippen LogP contribution in [-0.2, 0) is 17.8 Å². The minimum absolute atomic E-state index is 0.268. The second-order valence-electron chi connectivity index (χ2n) is 9.41. The number of carbonyl (C=O) groups is 1. The lowest BCUT2D eigenvalue weighted by molar-refractivity contribution is -0.138. The second-order valence-corrected chi connectivity index (χ2v) is 9.41. The van der Waals surface area contributed by atoms with Crippen LogP contribution in [0.4, 0.5) is 11.5 Å². The highest BCUT2D eigenvalue weighted by molar-refractivity contribution is 5.81. The van der Waals surface area contributed by atoms with Crippen molar-refractivity contribution >= 4 is 17.5 Å².